The van der Waals surface area contributed by atoms with Gasteiger partial charge in [-0.25, -0.2) is 0 Å². The molecule has 6 heteroatoms. The Kier molecular flexibility index (Phi) is 4.71. The zero-order valence-corrected chi connectivity index (χ0v) is 10.2. The molecule has 17 heavy (non-hydrogen) atoms. The van der Waals surface area contributed by atoms with Crippen molar-refractivity contribution in [3.05, 3.63) is 28.3 Å². The van der Waals surface area contributed by atoms with Gasteiger partial charge in [0.2, 0.25) is 0 Å². The number of nitro benzene ring substituents is 1. The van der Waals surface area contributed by atoms with Crippen LogP contribution in [0.15, 0.2) is 18.2 Å². The topological polar surface area (TPSA) is 76.4 Å². The Morgan fingerprint density at radius 2 is 2.12 bits per heavy atom. The van der Waals surface area contributed by atoms with E-state index in [4.69, 9.17) is 4.74 Å². The summed E-state index contributed by atoms with van der Waals surface area (Å²) in [6.07, 6.45) is 0. The lowest BCUT2D eigenvalue weighted by molar-refractivity contribution is -0.383. The van der Waals surface area contributed by atoms with E-state index in [0.717, 1.165) is 0 Å². The first kappa shape index (κ1) is 13.2. The first-order valence-electron chi connectivity index (χ1n) is 5.30. The average molecular weight is 239 g/mol. The molecule has 1 atom stereocenters. The maximum absolute atomic E-state index is 11.0. The second-order valence-corrected chi connectivity index (χ2v) is 3.71. The molecule has 0 aliphatic heterocycles. The maximum atomic E-state index is 11.0. The summed E-state index contributed by atoms with van der Waals surface area (Å²) in [4.78, 5) is 10.6. The Balaban J connectivity index is 3.02. The highest BCUT2D eigenvalue weighted by Gasteiger charge is 2.19. The molecule has 94 valence electrons. The number of nitrogens with one attached hydrogen (secondary N) is 2. The number of rotatable bonds is 6. The van der Waals surface area contributed by atoms with E-state index in [1.807, 2.05) is 6.92 Å². The van der Waals surface area contributed by atoms with E-state index in [1.54, 1.807) is 32.4 Å². The molecule has 1 aromatic rings. The number of nitro groups is 1. The average Bonchev–Trinajstić information content (AvgIpc) is 2.28. The molecule has 0 aliphatic rings. The Labute approximate surface area is 100 Å². The molecule has 0 amide bonds. The van der Waals surface area contributed by atoms with Crippen molar-refractivity contribution in [3.63, 3.8) is 0 Å². The lowest BCUT2D eigenvalue weighted by atomic mass is 10.2. The molecule has 0 bridgehead atoms. The molecule has 0 heterocycles. The molecule has 6 nitrogen and oxygen atoms in total. The van der Waals surface area contributed by atoms with Crippen LogP contribution in [0.5, 0.6) is 0 Å². The minimum atomic E-state index is -0.395. The third-order valence-corrected chi connectivity index (χ3v) is 2.31. The van der Waals surface area contributed by atoms with Crippen LogP contribution in [0.3, 0.4) is 0 Å². The number of nitrogens with zero attached hydrogens (tertiary/aromatic N) is 1. The maximum Gasteiger partial charge on any atom is 0.315 e. The lowest BCUT2D eigenvalue weighted by Crippen LogP contribution is -2.21. The number of hydrogen-bond donors (Lipinski definition) is 2. The zero-order chi connectivity index (χ0) is 12.8. The SMILES string of the molecule is CNc1cccc(NC(C)COC)c1[N+](=O)[O-]. The smallest absolute Gasteiger partial charge is 0.315 e. The van der Waals surface area contributed by atoms with Gasteiger partial charge in [-0.05, 0) is 19.1 Å². The first-order valence-corrected chi connectivity index (χ1v) is 5.30. The summed E-state index contributed by atoms with van der Waals surface area (Å²) in [5.74, 6) is 0. The predicted octanol–water partition coefficient (Wildman–Crippen LogP) is 2.08. The van der Waals surface area contributed by atoms with E-state index in [2.05, 4.69) is 10.6 Å². The molecule has 1 aromatic carbocycles. The van der Waals surface area contributed by atoms with E-state index in [-0.39, 0.29) is 11.7 Å². The Morgan fingerprint density at radius 3 is 2.65 bits per heavy atom. The van der Waals surface area contributed by atoms with E-state index in [9.17, 15) is 10.1 Å². The van der Waals surface area contributed by atoms with Gasteiger partial charge in [-0.2, -0.15) is 0 Å². The Bertz CT molecular complexity index is 396. The molecule has 1 unspecified atom stereocenters. The van der Waals surface area contributed by atoms with Crippen LogP contribution in [-0.4, -0.2) is 31.7 Å². The second-order valence-electron chi connectivity index (χ2n) is 3.71. The molecule has 0 saturated carbocycles. The van der Waals surface area contributed by atoms with Crippen molar-refractivity contribution in [1.29, 1.82) is 0 Å². The van der Waals surface area contributed by atoms with E-state index in [1.165, 1.54) is 0 Å². The van der Waals surface area contributed by atoms with Gasteiger partial charge in [0.25, 0.3) is 0 Å². The van der Waals surface area contributed by atoms with Crippen LogP contribution in [0.4, 0.5) is 17.1 Å². The number of ether oxygens (including phenoxy) is 1. The third-order valence-electron chi connectivity index (χ3n) is 2.31. The van der Waals surface area contributed by atoms with Gasteiger partial charge in [0.1, 0.15) is 11.4 Å². The van der Waals surface area contributed by atoms with E-state index < -0.39 is 4.92 Å². The van der Waals surface area contributed by atoms with Gasteiger partial charge in [-0.15, -0.1) is 0 Å². The van der Waals surface area contributed by atoms with E-state index in [0.29, 0.717) is 18.0 Å². The molecule has 2 N–H and O–H groups in total. The van der Waals surface area contributed by atoms with Crippen molar-refractivity contribution >= 4 is 17.1 Å². The van der Waals surface area contributed by atoms with E-state index >= 15 is 0 Å². The van der Waals surface area contributed by atoms with Gasteiger partial charge < -0.3 is 15.4 Å². The number of methoxy groups -OCH3 is 1. The normalized spacial score (nSPS) is 11.9. The molecule has 0 fully saturated rings. The van der Waals surface area contributed by atoms with Crippen LogP contribution in [0.1, 0.15) is 6.92 Å². The summed E-state index contributed by atoms with van der Waals surface area (Å²) in [6.45, 7) is 2.39. The largest absolute Gasteiger partial charge is 0.383 e. The highest BCUT2D eigenvalue weighted by molar-refractivity contribution is 5.76. The first-order chi connectivity index (χ1) is 8.10. The molecule has 1 rings (SSSR count). The molecule has 0 radical (unpaired) electrons. The van der Waals surface area contributed by atoms with Gasteiger partial charge >= 0.3 is 5.69 Å². The van der Waals surface area contributed by atoms with Crippen LogP contribution in [0.2, 0.25) is 0 Å². The summed E-state index contributed by atoms with van der Waals surface area (Å²) in [5, 5.41) is 16.9. The Hall–Kier alpha value is -1.82. The third kappa shape index (κ3) is 3.32. The molecule has 0 spiro atoms. The fraction of sp³-hybridized carbons (Fsp3) is 0.455. The summed E-state index contributed by atoms with van der Waals surface area (Å²) in [6, 6.07) is 5.13. The van der Waals surface area contributed by atoms with Gasteiger partial charge in [-0.3, -0.25) is 10.1 Å². The van der Waals surface area contributed by atoms with Gasteiger partial charge in [0.15, 0.2) is 0 Å². The van der Waals surface area contributed by atoms with Crippen LogP contribution >= 0.6 is 0 Å². The molecular formula is C11H17N3O3. The minimum Gasteiger partial charge on any atom is -0.383 e. The lowest BCUT2D eigenvalue weighted by Gasteiger charge is -2.15. The molecular weight excluding hydrogens is 222 g/mol. The summed E-state index contributed by atoms with van der Waals surface area (Å²) >= 11 is 0. The Morgan fingerprint density at radius 1 is 1.47 bits per heavy atom. The van der Waals surface area contributed by atoms with Crippen molar-refractivity contribution in [3.8, 4) is 0 Å². The highest BCUT2D eigenvalue weighted by Crippen LogP contribution is 2.32. The van der Waals surface area contributed by atoms with Crippen molar-refractivity contribution in [2.45, 2.75) is 13.0 Å². The van der Waals surface area contributed by atoms with Crippen molar-refractivity contribution in [1.82, 2.24) is 0 Å². The highest BCUT2D eigenvalue weighted by atomic mass is 16.6. The quantitative estimate of drug-likeness (QED) is 0.587. The minimum absolute atomic E-state index is 0.00538. The molecule has 0 aromatic heterocycles. The number of anilines is 2. The zero-order valence-electron chi connectivity index (χ0n) is 10.2. The standard InChI is InChI=1S/C11H17N3O3/c1-8(7-17-3)13-10-6-4-5-9(12-2)11(10)14(15)16/h4-6,8,12-13H,7H2,1-3H3. The predicted molar refractivity (Wildman–Crippen MR) is 67.6 cm³/mol. The van der Waals surface area contributed by atoms with Crippen LogP contribution in [0, 0.1) is 10.1 Å². The van der Waals surface area contributed by atoms with Crippen LogP contribution in [-0.2, 0) is 4.74 Å². The number of hydrogen-bond acceptors (Lipinski definition) is 5. The van der Waals surface area contributed by atoms with Gasteiger partial charge in [-0.1, -0.05) is 6.07 Å². The second kappa shape index (κ2) is 6.05. The number of para-hydroxylation sites is 1. The fourth-order valence-corrected chi connectivity index (χ4v) is 1.62. The fourth-order valence-electron chi connectivity index (χ4n) is 1.62. The van der Waals surface area contributed by atoms with Crippen LogP contribution in [0.25, 0.3) is 0 Å². The summed E-state index contributed by atoms with van der Waals surface area (Å²) in [7, 11) is 3.25. The van der Waals surface area contributed by atoms with Gasteiger partial charge in [0.05, 0.1) is 11.5 Å². The van der Waals surface area contributed by atoms with Crippen LogP contribution < -0.4 is 10.6 Å². The van der Waals surface area contributed by atoms with Crippen molar-refractivity contribution < 1.29 is 9.66 Å². The summed E-state index contributed by atoms with van der Waals surface area (Å²) < 4.78 is 4.98. The van der Waals surface area contributed by atoms with Crippen molar-refractivity contribution in [2.24, 2.45) is 0 Å². The molecule has 0 saturated heterocycles. The van der Waals surface area contributed by atoms with Gasteiger partial charge in [0, 0.05) is 20.2 Å². The number of benzene rings is 1. The molecule has 0 aliphatic carbocycles. The summed E-state index contributed by atoms with van der Waals surface area (Å²) in [5.41, 5.74) is 1.04. The van der Waals surface area contributed by atoms with Crippen molar-refractivity contribution in [2.75, 3.05) is 31.4 Å². The monoisotopic (exact) mass is 239 g/mol.